The zero-order chi connectivity index (χ0) is 13.4. The highest BCUT2D eigenvalue weighted by Gasteiger charge is 1.96. The van der Waals surface area contributed by atoms with Crippen LogP contribution in [0.3, 0.4) is 0 Å². The van der Waals surface area contributed by atoms with E-state index in [1.165, 1.54) is 5.56 Å². The van der Waals surface area contributed by atoms with E-state index < -0.39 is 0 Å². The number of rotatable bonds is 6. The van der Waals surface area contributed by atoms with Crippen LogP contribution >= 0.6 is 0 Å². The van der Waals surface area contributed by atoms with Gasteiger partial charge in [0.25, 0.3) is 0 Å². The first-order valence-electron chi connectivity index (χ1n) is 6.01. The molecule has 2 nitrogen and oxygen atoms in total. The Hall–Kier alpha value is -1.80. The van der Waals surface area contributed by atoms with Gasteiger partial charge in [-0.15, -0.1) is 0 Å². The first kappa shape index (κ1) is 14.3. The Labute approximate surface area is 109 Å². The largest absolute Gasteiger partial charge is 0.492 e. The highest BCUT2D eigenvalue weighted by molar-refractivity contribution is 5.74. The summed E-state index contributed by atoms with van der Waals surface area (Å²) in [6.07, 6.45) is 5.82. The van der Waals surface area contributed by atoms with Gasteiger partial charge >= 0.3 is 0 Å². The summed E-state index contributed by atoms with van der Waals surface area (Å²) in [5, 5.41) is 8.64. The molecule has 0 amide bonds. The summed E-state index contributed by atoms with van der Waals surface area (Å²) in [7, 11) is 0. The molecule has 96 valence electrons. The predicted octanol–water partition coefficient (Wildman–Crippen LogP) is 3.48. The van der Waals surface area contributed by atoms with Crippen LogP contribution in [0.15, 0.2) is 54.8 Å². The molecule has 0 fully saturated rings. The third kappa shape index (κ3) is 4.60. The van der Waals surface area contributed by atoms with Crippen molar-refractivity contribution >= 4 is 5.57 Å². The van der Waals surface area contributed by atoms with Crippen LogP contribution in [0.5, 0.6) is 0 Å². The summed E-state index contributed by atoms with van der Waals surface area (Å²) < 4.78 is 5.18. The molecule has 0 aliphatic carbocycles. The molecule has 0 atom stereocenters. The molecule has 1 rings (SSSR count). The fourth-order valence-electron chi connectivity index (χ4n) is 1.51. The van der Waals surface area contributed by atoms with Crippen molar-refractivity contribution in [2.45, 2.75) is 13.8 Å². The number of aliphatic hydroxyl groups excluding tert-OH is 1. The Morgan fingerprint density at radius 1 is 1.28 bits per heavy atom. The molecule has 0 saturated heterocycles. The van der Waals surface area contributed by atoms with Gasteiger partial charge in [0.1, 0.15) is 12.4 Å². The minimum absolute atomic E-state index is 0.00129. The summed E-state index contributed by atoms with van der Waals surface area (Å²) in [4.78, 5) is 0. The average molecular weight is 244 g/mol. The fourth-order valence-corrected chi connectivity index (χ4v) is 1.51. The Morgan fingerprint density at radius 2 is 1.94 bits per heavy atom. The van der Waals surface area contributed by atoms with Crippen molar-refractivity contribution in [2.75, 3.05) is 13.2 Å². The van der Waals surface area contributed by atoms with Crippen molar-refractivity contribution in [2.24, 2.45) is 0 Å². The van der Waals surface area contributed by atoms with Gasteiger partial charge < -0.3 is 9.84 Å². The van der Waals surface area contributed by atoms with Gasteiger partial charge in [-0.2, -0.15) is 0 Å². The highest BCUT2D eigenvalue weighted by Crippen LogP contribution is 2.17. The summed E-state index contributed by atoms with van der Waals surface area (Å²) in [6, 6.07) is 8.35. The van der Waals surface area contributed by atoms with Crippen LogP contribution in [0.4, 0.5) is 0 Å². The van der Waals surface area contributed by atoms with Gasteiger partial charge in [0.05, 0.1) is 6.61 Å². The summed E-state index contributed by atoms with van der Waals surface area (Å²) in [5.41, 5.74) is 3.52. The Bertz CT molecular complexity index is 439. The van der Waals surface area contributed by atoms with Crippen molar-refractivity contribution in [1.29, 1.82) is 0 Å². The standard InChI is InChI=1S/C16H20O2/c1-4-15(10-7-14(3)18-12-11-17)16-8-5-13(2)6-9-16/h4-10,17H,3,11-12H2,1-2H3/b10-7-,15-4+. The van der Waals surface area contributed by atoms with Crippen LogP contribution in [-0.2, 0) is 4.74 Å². The summed E-state index contributed by atoms with van der Waals surface area (Å²) in [6.45, 7) is 8.10. The molecule has 0 bridgehead atoms. The number of ether oxygens (including phenoxy) is 1. The third-order valence-corrected chi connectivity index (χ3v) is 2.52. The normalized spacial score (nSPS) is 11.8. The molecule has 1 aromatic carbocycles. The Balaban J connectivity index is 2.71. The number of benzene rings is 1. The zero-order valence-electron chi connectivity index (χ0n) is 11.0. The molecular weight excluding hydrogens is 224 g/mol. The van der Waals surface area contributed by atoms with Crippen LogP contribution in [0.25, 0.3) is 5.57 Å². The number of aryl methyl sites for hydroxylation is 1. The molecule has 0 heterocycles. The average Bonchev–Trinajstić information content (AvgIpc) is 2.39. The monoisotopic (exact) mass is 244 g/mol. The smallest absolute Gasteiger partial charge is 0.112 e. The quantitative estimate of drug-likeness (QED) is 0.613. The lowest BCUT2D eigenvalue weighted by atomic mass is 10.0. The fraction of sp³-hybridized carbons (Fsp3) is 0.250. The van der Waals surface area contributed by atoms with Gasteiger partial charge in [0.2, 0.25) is 0 Å². The summed E-state index contributed by atoms with van der Waals surface area (Å²) in [5.74, 6) is 0.551. The molecular formula is C16H20O2. The molecule has 0 aliphatic rings. The van der Waals surface area contributed by atoms with Crippen molar-refractivity contribution < 1.29 is 9.84 Å². The Kier molecular flexibility index (Phi) is 5.95. The molecule has 1 aromatic rings. The van der Waals surface area contributed by atoms with Crippen molar-refractivity contribution in [1.82, 2.24) is 0 Å². The lowest BCUT2D eigenvalue weighted by molar-refractivity contribution is 0.153. The second kappa shape index (κ2) is 7.51. The molecule has 2 heteroatoms. The van der Waals surface area contributed by atoms with Crippen LogP contribution in [0, 0.1) is 6.92 Å². The summed E-state index contributed by atoms with van der Waals surface area (Å²) >= 11 is 0. The van der Waals surface area contributed by atoms with Gasteiger partial charge in [0.15, 0.2) is 0 Å². The van der Waals surface area contributed by atoms with Crippen LogP contribution in [-0.4, -0.2) is 18.3 Å². The van der Waals surface area contributed by atoms with E-state index >= 15 is 0 Å². The van der Waals surface area contributed by atoms with Crippen LogP contribution in [0.1, 0.15) is 18.1 Å². The molecule has 18 heavy (non-hydrogen) atoms. The van der Waals surface area contributed by atoms with E-state index in [4.69, 9.17) is 9.84 Å². The topological polar surface area (TPSA) is 29.5 Å². The molecule has 1 N–H and O–H groups in total. The van der Waals surface area contributed by atoms with E-state index in [0.29, 0.717) is 5.76 Å². The number of hydrogen-bond acceptors (Lipinski definition) is 2. The zero-order valence-corrected chi connectivity index (χ0v) is 11.0. The first-order chi connectivity index (χ1) is 8.67. The van der Waals surface area contributed by atoms with Crippen LogP contribution in [0.2, 0.25) is 0 Å². The first-order valence-corrected chi connectivity index (χ1v) is 6.01. The molecule has 0 unspecified atom stereocenters. The van der Waals surface area contributed by atoms with Crippen molar-refractivity contribution in [3.05, 3.63) is 66.0 Å². The molecule has 0 aliphatic heterocycles. The van der Waals surface area contributed by atoms with E-state index in [-0.39, 0.29) is 13.2 Å². The lowest BCUT2D eigenvalue weighted by Crippen LogP contribution is -1.96. The van der Waals surface area contributed by atoms with E-state index in [0.717, 1.165) is 11.1 Å². The van der Waals surface area contributed by atoms with Gasteiger partial charge in [-0.25, -0.2) is 0 Å². The minimum Gasteiger partial charge on any atom is -0.492 e. The van der Waals surface area contributed by atoms with Crippen molar-refractivity contribution in [3.63, 3.8) is 0 Å². The molecule has 0 saturated carbocycles. The van der Waals surface area contributed by atoms with Gasteiger partial charge in [-0.3, -0.25) is 0 Å². The van der Waals surface area contributed by atoms with E-state index in [2.05, 4.69) is 37.8 Å². The number of aliphatic hydroxyl groups is 1. The number of allylic oxidation sites excluding steroid dienone is 4. The SMILES string of the molecule is C=C(/C=C\C(=C/C)c1ccc(C)cc1)OCCO. The van der Waals surface area contributed by atoms with Gasteiger partial charge in [-0.1, -0.05) is 48.6 Å². The van der Waals surface area contributed by atoms with Gasteiger partial charge in [0, 0.05) is 0 Å². The second-order valence-electron chi connectivity index (χ2n) is 3.98. The minimum atomic E-state index is 0.00129. The van der Waals surface area contributed by atoms with E-state index in [9.17, 15) is 0 Å². The Morgan fingerprint density at radius 3 is 2.50 bits per heavy atom. The molecule has 0 spiro atoms. The highest BCUT2D eigenvalue weighted by atomic mass is 16.5. The molecule has 0 aromatic heterocycles. The lowest BCUT2D eigenvalue weighted by Gasteiger charge is -2.05. The molecule has 0 radical (unpaired) electrons. The van der Waals surface area contributed by atoms with Crippen molar-refractivity contribution in [3.8, 4) is 0 Å². The van der Waals surface area contributed by atoms with E-state index in [1.807, 2.05) is 25.2 Å². The third-order valence-electron chi connectivity index (χ3n) is 2.52. The number of hydrogen-bond donors (Lipinski definition) is 1. The predicted molar refractivity (Wildman–Crippen MR) is 76.1 cm³/mol. The maximum absolute atomic E-state index is 8.64. The second-order valence-corrected chi connectivity index (χ2v) is 3.98. The maximum Gasteiger partial charge on any atom is 0.112 e. The van der Waals surface area contributed by atoms with Crippen LogP contribution < -0.4 is 0 Å². The van der Waals surface area contributed by atoms with Gasteiger partial charge in [-0.05, 0) is 31.1 Å². The maximum atomic E-state index is 8.64. The van der Waals surface area contributed by atoms with E-state index in [1.54, 1.807) is 0 Å².